The molecule has 2 atom stereocenters. The summed E-state index contributed by atoms with van der Waals surface area (Å²) < 4.78 is 11.0. The lowest BCUT2D eigenvalue weighted by Crippen LogP contribution is -2.46. The normalized spacial score (nSPS) is 21.0. The number of morpholine rings is 1. The zero-order valence-electron chi connectivity index (χ0n) is 16.6. The average Bonchev–Trinajstić information content (AvgIpc) is 3.19. The Bertz CT molecular complexity index is 920. The number of nitrogens with zero attached hydrogens (tertiary/aromatic N) is 4. The molecule has 0 aliphatic carbocycles. The third-order valence-electron chi connectivity index (χ3n) is 5.85. The van der Waals surface area contributed by atoms with Crippen molar-refractivity contribution in [3.63, 3.8) is 0 Å². The van der Waals surface area contributed by atoms with E-state index in [9.17, 15) is 5.26 Å². The molecular formula is C21H29N7O2. The summed E-state index contributed by atoms with van der Waals surface area (Å²) in [6.45, 7) is 7.07. The molecular weight excluding hydrogens is 382 g/mol. The summed E-state index contributed by atoms with van der Waals surface area (Å²) in [5.74, 6) is 2.04. The number of H-pyrrole nitrogens is 1. The van der Waals surface area contributed by atoms with Crippen LogP contribution in [0.5, 0.6) is 0 Å². The SMILES string of the molecule is C.CC1COCCN1c1cc(C(C)(C#N)C2COC2)c(C=N)c(Nc2ccn[nH]2)n1. The van der Waals surface area contributed by atoms with E-state index in [1.54, 1.807) is 12.3 Å². The van der Waals surface area contributed by atoms with Crippen LogP contribution < -0.4 is 10.2 Å². The lowest BCUT2D eigenvalue weighted by atomic mass is 9.70. The number of aromatic nitrogens is 3. The van der Waals surface area contributed by atoms with E-state index in [1.807, 2.05) is 13.0 Å². The molecule has 4 heterocycles. The maximum atomic E-state index is 10.1. The van der Waals surface area contributed by atoms with Gasteiger partial charge in [0.2, 0.25) is 0 Å². The van der Waals surface area contributed by atoms with E-state index in [0.717, 1.165) is 17.9 Å². The maximum absolute atomic E-state index is 10.1. The van der Waals surface area contributed by atoms with Gasteiger partial charge in [-0.3, -0.25) is 5.10 Å². The minimum absolute atomic E-state index is 0. The van der Waals surface area contributed by atoms with Gasteiger partial charge in [-0.1, -0.05) is 7.43 Å². The van der Waals surface area contributed by atoms with Crippen molar-refractivity contribution in [1.29, 1.82) is 10.7 Å². The van der Waals surface area contributed by atoms with Crippen LogP contribution in [0, 0.1) is 22.7 Å². The Morgan fingerprint density at radius 1 is 1.40 bits per heavy atom. The highest BCUT2D eigenvalue weighted by molar-refractivity contribution is 5.89. The van der Waals surface area contributed by atoms with Crippen LogP contribution in [0.4, 0.5) is 17.5 Å². The lowest BCUT2D eigenvalue weighted by Gasteiger charge is -2.40. The molecule has 2 aromatic rings. The summed E-state index contributed by atoms with van der Waals surface area (Å²) in [5.41, 5.74) is 0.595. The number of hydrogen-bond acceptors (Lipinski definition) is 8. The van der Waals surface area contributed by atoms with Crippen LogP contribution in [0.2, 0.25) is 0 Å². The molecule has 0 bridgehead atoms. The quantitative estimate of drug-likeness (QED) is 0.625. The number of hydrogen-bond donors (Lipinski definition) is 3. The Morgan fingerprint density at radius 3 is 2.77 bits per heavy atom. The maximum Gasteiger partial charge on any atom is 0.143 e. The highest BCUT2D eigenvalue weighted by atomic mass is 16.5. The third-order valence-corrected chi connectivity index (χ3v) is 5.85. The molecule has 0 saturated carbocycles. The summed E-state index contributed by atoms with van der Waals surface area (Å²) in [6, 6.07) is 6.41. The van der Waals surface area contributed by atoms with Crippen LogP contribution in [0.1, 0.15) is 32.4 Å². The number of aromatic amines is 1. The zero-order chi connectivity index (χ0) is 20.4. The molecule has 2 aromatic heterocycles. The molecule has 9 nitrogen and oxygen atoms in total. The lowest BCUT2D eigenvalue weighted by molar-refractivity contribution is -0.0563. The highest BCUT2D eigenvalue weighted by Crippen LogP contribution is 2.41. The topological polar surface area (TPSA) is 123 Å². The van der Waals surface area contributed by atoms with Crippen molar-refractivity contribution in [2.24, 2.45) is 5.92 Å². The summed E-state index contributed by atoms with van der Waals surface area (Å²) >= 11 is 0. The van der Waals surface area contributed by atoms with Crippen LogP contribution in [0.25, 0.3) is 0 Å². The molecule has 2 aliphatic rings. The van der Waals surface area contributed by atoms with Crippen LogP contribution >= 0.6 is 0 Å². The van der Waals surface area contributed by atoms with Gasteiger partial charge < -0.3 is 25.1 Å². The molecule has 160 valence electrons. The van der Waals surface area contributed by atoms with Gasteiger partial charge in [0.05, 0.1) is 50.2 Å². The first kappa shape index (κ1) is 21.7. The summed E-state index contributed by atoms with van der Waals surface area (Å²) in [6.07, 6.45) is 2.91. The zero-order valence-corrected chi connectivity index (χ0v) is 16.6. The summed E-state index contributed by atoms with van der Waals surface area (Å²) in [4.78, 5) is 7.01. The van der Waals surface area contributed by atoms with Gasteiger partial charge in [-0.25, -0.2) is 4.98 Å². The van der Waals surface area contributed by atoms with Crippen molar-refractivity contribution >= 4 is 23.7 Å². The van der Waals surface area contributed by atoms with Gasteiger partial charge in [-0.05, 0) is 25.5 Å². The monoisotopic (exact) mass is 411 g/mol. The summed E-state index contributed by atoms with van der Waals surface area (Å²) in [7, 11) is 0. The minimum atomic E-state index is -0.789. The fourth-order valence-corrected chi connectivity index (χ4v) is 3.82. The number of rotatable bonds is 6. The molecule has 0 spiro atoms. The second-order valence-corrected chi connectivity index (χ2v) is 7.70. The van der Waals surface area contributed by atoms with E-state index in [-0.39, 0.29) is 19.4 Å². The first-order valence-corrected chi connectivity index (χ1v) is 9.72. The van der Waals surface area contributed by atoms with Crippen molar-refractivity contribution in [2.75, 3.05) is 43.2 Å². The van der Waals surface area contributed by atoms with Crippen LogP contribution in [0.15, 0.2) is 18.3 Å². The van der Waals surface area contributed by atoms with Crippen molar-refractivity contribution < 1.29 is 9.47 Å². The predicted molar refractivity (Wildman–Crippen MR) is 116 cm³/mol. The molecule has 0 amide bonds. The van der Waals surface area contributed by atoms with Crippen molar-refractivity contribution in [1.82, 2.24) is 15.2 Å². The van der Waals surface area contributed by atoms with E-state index < -0.39 is 5.41 Å². The highest BCUT2D eigenvalue weighted by Gasteiger charge is 2.43. The van der Waals surface area contributed by atoms with Crippen LogP contribution in [-0.2, 0) is 14.9 Å². The van der Waals surface area contributed by atoms with Crippen LogP contribution in [-0.4, -0.2) is 60.4 Å². The number of nitrogens with one attached hydrogen (secondary N) is 3. The molecule has 2 fully saturated rings. The Hall–Kier alpha value is -2.96. The largest absolute Gasteiger partial charge is 0.381 e. The Kier molecular flexibility index (Phi) is 6.39. The van der Waals surface area contributed by atoms with Crippen LogP contribution in [0.3, 0.4) is 0 Å². The summed E-state index contributed by atoms with van der Waals surface area (Å²) in [5, 5.41) is 28.3. The van der Waals surface area contributed by atoms with E-state index >= 15 is 0 Å². The average molecular weight is 412 g/mol. The molecule has 30 heavy (non-hydrogen) atoms. The van der Waals surface area contributed by atoms with Gasteiger partial charge in [-0.2, -0.15) is 10.4 Å². The van der Waals surface area contributed by atoms with Gasteiger partial charge in [-0.15, -0.1) is 0 Å². The van der Waals surface area contributed by atoms with E-state index in [0.29, 0.717) is 43.6 Å². The van der Waals surface area contributed by atoms with E-state index in [2.05, 4.69) is 33.4 Å². The number of ether oxygens (including phenoxy) is 2. The smallest absolute Gasteiger partial charge is 0.143 e. The number of nitriles is 1. The van der Waals surface area contributed by atoms with E-state index in [1.165, 1.54) is 6.21 Å². The van der Waals surface area contributed by atoms with Gasteiger partial charge >= 0.3 is 0 Å². The molecule has 2 aliphatic heterocycles. The number of anilines is 3. The first-order chi connectivity index (χ1) is 14.1. The fraction of sp³-hybridized carbons (Fsp3) is 0.524. The molecule has 2 saturated heterocycles. The Balaban J connectivity index is 0.00000256. The van der Waals surface area contributed by atoms with Gasteiger partial charge in [0.1, 0.15) is 17.5 Å². The molecule has 9 heteroatoms. The molecule has 3 N–H and O–H groups in total. The molecule has 2 unspecified atom stereocenters. The second-order valence-electron chi connectivity index (χ2n) is 7.70. The minimum Gasteiger partial charge on any atom is -0.381 e. The Morgan fingerprint density at radius 2 is 2.20 bits per heavy atom. The predicted octanol–water partition coefficient (Wildman–Crippen LogP) is 2.83. The number of pyridine rings is 1. The molecule has 0 radical (unpaired) electrons. The Labute approximate surface area is 176 Å². The van der Waals surface area contributed by atoms with E-state index in [4.69, 9.17) is 19.9 Å². The van der Waals surface area contributed by atoms with Gasteiger partial charge in [0.25, 0.3) is 0 Å². The molecule has 4 rings (SSSR count). The van der Waals surface area contributed by atoms with Crippen molar-refractivity contribution in [3.05, 3.63) is 29.5 Å². The standard InChI is InChI=1S/C20H25N7O2.CH4/c1-13-9-28-6-5-27(13)18-7-16(20(2,12-22)14-10-29-11-14)15(8-21)19(25-18)24-17-3-4-23-26-17;/h3-4,7-8,13-14,21H,5-6,9-11H2,1-2H3,(H2,23,24,25,26);1H4. The molecule has 0 aromatic carbocycles. The second kappa shape index (κ2) is 8.81. The fourth-order valence-electron chi connectivity index (χ4n) is 3.82. The van der Waals surface area contributed by atoms with Crippen molar-refractivity contribution in [3.8, 4) is 6.07 Å². The first-order valence-electron chi connectivity index (χ1n) is 9.72. The van der Waals surface area contributed by atoms with Gasteiger partial charge in [0, 0.05) is 30.3 Å². The van der Waals surface area contributed by atoms with Gasteiger partial charge in [0.15, 0.2) is 0 Å². The van der Waals surface area contributed by atoms with Crippen molar-refractivity contribution in [2.45, 2.75) is 32.7 Å². The third kappa shape index (κ3) is 3.76.